The van der Waals surface area contributed by atoms with Gasteiger partial charge in [0, 0.05) is 0 Å². The highest BCUT2D eigenvalue weighted by atomic mass is 16.5. The second-order valence-electron chi connectivity index (χ2n) is 8.51. The van der Waals surface area contributed by atoms with E-state index in [9.17, 15) is 0 Å². The molecule has 0 aromatic rings. The zero-order valence-electron chi connectivity index (χ0n) is 17.7. The van der Waals surface area contributed by atoms with E-state index >= 15 is 0 Å². The van der Waals surface area contributed by atoms with Crippen molar-refractivity contribution in [2.24, 2.45) is 17.3 Å². The fourth-order valence-corrected chi connectivity index (χ4v) is 4.44. The van der Waals surface area contributed by atoms with Crippen LogP contribution in [-0.2, 0) is 9.47 Å². The summed E-state index contributed by atoms with van der Waals surface area (Å²) in [6.07, 6.45) is 8.58. The zero-order chi connectivity index (χ0) is 19.7. The molecule has 3 unspecified atom stereocenters. The molecule has 0 aromatic heterocycles. The summed E-state index contributed by atoms with van der Waals surface area (Å²) in [5, 5.41) is 0. The fourth-order valence-electron chi connectivity index (χ4n) is 4.44. The third-order valence-corrected chi connectivity index (χ3v) is 5.68. The smallest absolute Gasteiger partial charge is 0.114 e. The molecule has 0 aliphatic heterocycles. The Morgan fingerprint density at radius 3 is 2.04 bits per heavy atom. The molecule has 1 aliphatic rings. The van der Waals surface area contributed by atoms with Crippen molar-refractivity contribution in [3.63, 3.8) is 0 Å². The molecule has 0 saturated heterocycles. The summed E-state index contributed by atoms with van der Waals surface area (Å²) in [4.78, 5) is 0. The van der Waals surface area contributed by atoms with Crippen LogP contribution in [0.3, 0.4) is 0 Å². The molecule has 1 saturated carbocycles. The highest BCUT2D eigenvalue weighted by Gasteiger charge is 2.38. The van der Waals surface area contributed by atoms with Crippen LogP contribution in [0.25, 0.3) is 0 Å². The molecule has 0 amide bonds. The maximum absolute atomic E-state index is 5.85. The number of hydrogen-bond acceptors (Lipinski definition) is 2. The molecule has 0 bridgehead atoms. The summed E-state index contributed by atoms with van der Waals surface area (Å²) in [5.41, 5.74) is 2.22. The van der Waals surface area contributed by atoms with Crippen LogP contribution in [0.2, 0.25) is 0 Å². The highest BCUT2D eigenvalue weighted by molar-refractivity contribution is 5.16. The minimum atomic E-state index is 0.387. The number of hydrogen-bond donors (Lipinski definition) is 0. The van der Waals surface area contributed by atoms with E-state index in [-0.39, 0.29) is 0 Å². The Labute approximate surface area is 162 Å². The van der Waals surface area contributed by atoms with Crippen molar-refractivity contribution in [1.29, 1.82) is 0 Å². The standard InChI is InChI=1S/C24H40O2/c1-9-11-24(12-14-26-22(8)19(4)5)16-20(6)15-23(17-24)10-13-25-21(7)18(2)3/h20,23H,2,4,7-17H2,1,3,5-6H3. The SMILES string of the molecule is C=C(C)C(=C)OCCC1CC(C)CC(CCC)(CCOC(=C)C(=C)C)C1. The second-order valence-corrected chi connectivity index (χ2v) is 8.51. The van der Waals surface area contributed by atoms with Crippen LogP contribution in [0.4, 0.5) is 0 Å². The van der Waals surface area contributed by atoms with Crippen molar-refractivity contribution in [1.82, 2.24) is 0 Å². The van der Waals surface area contributed by atoms with Crippen LogP contribution in [0.15, 0.2) is 49.0 Å². The zero-order valence-corrected chi connectivity index (χ0v) is 17.7. The van der Waals surface area contributed by atoms with Crippen LogP contribution in [-0.4, -0.2) is 13.2 Å². The maximum atomic E-state index is 5.85. The maximum Gasteiger partial charge on any atom is 0.114 e. The van der Waals surface area contributed by atoms with Crippen LogP contribution in [0, 0.1) is 17.3 Å². The van der Waals surface area contributed by atoms with Crippen molar-refractivity contribution in [2.75, 3.05) is 13.2 Å². The predicted octanol–water partition coefficient (Wildman–Crippen LogP) is 7.20. The molecule has 1 fully saturated rings. The van der Waals surface area contributed by atoms with Gasteiger partial charge in [0.25, 0.3) is 0 Å². The van der Waals surface area contributed by atoms with E-state index in [1.54, 1.807) is 0 Å². The minimum absolute atomic E-state index is 0.387. The van der Waals surface area contributed by atoms with Gasteiger partial charge in [-0.25, -0.2) is 0 Å². The molecule has 1 rings (SSSR count). The van der Waals surface area contributed by atoms with Gasteiger partial charge in [-0.3, -0.25) is 0 Å². The van der Waals surface area contributed by atoms with Crippen molar-refractivity contribution >= 4 is 0 Å². The monoisotopic (exact) mass is 360 g/mol. The lowest BCUT2D eigenvalue weighted by molar-refractivity contribution is 0.0405. The van der Waals surface area contributed by atoms with Gasteiger partial charge in [0.2, 0.25) is 0 Å². The van der Waals surface area contributed by atoms with Gasteiger partial charge in [0.1, 0.15) is 11.5 Å². The van der Waals surface area contributed by atoms with Gasteiger partial charge in [0.05, 0.1) is 13.2 Å². The second kappa shape index (κ2) is 10.6. The minimum Gasteiger partial charge on any atom is -0.494 e. The van der Waals surface area contributed by atoms with Gasteiger partial charge in [0.15, 0.2) is 0 Å². The lowest BCUT2D eigenvalue weighted by atomic mass is 9.62. The molecule has 0 radical (unpaired) electrons. The van der Waals surface area contributed by atoms with Gasteiger partial charge in [-0.1, -0.05) is 46.6 Å². The van der Waals surface area contributed by atoms with E-state index in [0.29, 0.717) is 11.3 Å². The Bertz CT molecular complexity index is 516. The van der Waals surface area contributed by atoms with E-state index in [4.69, 9.17) is 9.47 Å². The third-order valence-electron chi connectivity index (χ3n) is 5.68. The normalized spacial score (nSPS) is 25.4. The van der Waals surface area contributed by atoms with Gasteiger partial charge < -0.3 is 9.47 Å². The quantitative estimate of drug-likeness (QED) is 0.270. The van der Waals surface area contributed by atoms with E-state index in [2.05, 4.69) is 40.2 Å². The highest BCUT2D eigenvalue weighted by Crippen LogP contribution is 2.48. The van der Waals surface area contributed by atoms with Crippen molar-refractivity contribution in [2.45, 2.75) is 72.6 Å². The first kappa shape index (κ1) is 22.6. The summed E-state index contributed by atoms with van der Waals surface area (Å²) in [5.74, 6) is 2.92. The van der Waals surface area contributed by atoms with E-state index in [1.807, 2.05) is 13.8 Å². The van der Waals surface area contributed by atoms with Gasteiger partial charge in [-0.2, -0.15) is 0 Å². The van der Waals surface area contributed by atoms with Crippen LogP contribution in [0.1, 0.15) is 72.6 Å². The van der Waals surface area contributed by atoms with Crippen molar-refractivity contribution in [3.05, 3.63) is 49.0 Å². The first-order valence-electron chi connectivity index (χ1n) is 10.1. The molecule has 148 valence electrons. The van der Waals surface area contributed by atoms with Gasteiger partial charge in [-0.05, 0) is 80.8 Å². The van der Waals surface area contributed by atoms with Gasteiger partial charge in [-0.15, -0.1) is 0 Å². The summed E-state index contributed by atoms with van der Waals surface area (Å²) in [6.45, 7) is 25.7. The molecule has 3 atom stereocenters. The molecule has 2 nitrogen and oxygen atoms in total. The van der Waals surface area contributed by atoms with E-state index in [1.165, 1.54) is 32.1 Å². The third kappa shape index (κ3) is 7.43. The number of ether oxygens (including phenoxy) is 2. The lowest BCUT2D eigenvalue weighted by Gasteiger charge is -2.44. The number of allylic oxidation sites excluding steroid dienone is 2. The van der Waals surface area contributed by atoms with Crippen molar-refractivity contribution in [3.8, 4) is 0 Å². The molecular formula is C24H40O2. The Morgan fingerprint density at radius 2 is 1.50 bits per heavy atom. The molecule has 0 heterocycles. The average molecular weight is 361 g/mol. The first-order chi connectivity index (χ1) is 12.2. The predicted molar refractivity (Wildman–Crippen MR) is 113 cm³/mol. The summed E-state index contributed by atoms with van der Waals surface area (Å²) in [6, 6.07) is 0. The Hall–Kier alpha value is -1.44. The van der Waals surface area contributed by atoms with Crippen LogP contribution < -0.4 is 0 Å². The Kier molecular flexibility index (Phi) is 9.25. The Balaban J connectivity index is 2.62. The molecule has 0 N–H and O–H groups in total. The molecule has 0 aromatic carbocycles. The van der Waals surface area contributed by atoms with E-state index in [0.717, 1.165) is 54.6 Å². The fraction of sp³-hybridized carbons (Fsp3) is 0.667. The Morgan fingerprint density at radius 1 is 0.923 bits per heavy atom. The molecule has 0 spiro atoms. The summed E-state index contributed by atoms with van der Waals surface area (Å²) in [7, 11) is 0. The van der Waals surface area contributed by atoms with Crippen LogP contribution in [0.5, 0.6) is 0 Å². The van der Waals surface area contributed by atoms with Crippen LogP contribution >= 0.6 is 0 Å². The number of rotatable bonds is 12. The topological polar surface area (TPSA) is 18.5 Å². The average Bonchev–Trinajstić information content (AvgIpc) is 2.54. The largest absolute Gasteiger partial charge is 0.494 e. The summed E-state index contributed by atoms with van der Waals surface area (Å²) >= 11 is 0. The lowest BCUT2D eigenvalue weighted by Crippen LogP contribution is -2.34. The van der Waals surface area contributed by atoms with Crippen molar-refractivity contribution < 1.29 is 9.47 Å². The molecule has 2 heteroatoms. The van der Waals surface area contributed by atoms with E-state index < -0.39 is 0 Å². The molecule has 26 heavy (non-hydrogen) atoms. The van der Waals surface area contributed by atoms with Gasteiger partial charge >= 0.3 is 0 Å². The summed E-state index contributed by atoms with van der Waals surface area (Å²) < 4.78 is 11.6. The molecule has 1 aliphatic carbocycles. The molecular weight excluding hydrogens is 320 g/mol. The first-order valence-corrected chi connectivity index (χ1v) is 10.1.